The first-order valence-corrected chi connectivity index (χ1v) is 5.91. The lowest BCUT2D eigenvalue weighted by Gasteiger charge is -2.18. The molecule has 0 N–H and O–H groups in total. The van der Waals surface area contributed by atoms with Crippen LogP contribution < -0.4 is 0 Å². The highest BCUT2D eigenvalue weighted by Gasteiger charge is 2.17. The van der Waals surface area contributed by atoms with E-state index in [1.54, 1.807) is 0 Å². The fourth-order valence-corrected chi connectivity index (χ4v) is 1.40. The Morgan fingerprint density at radius 1 is 1.33 bits per heavy atom. The number of hydrogen-bond acceptors (Lipinski definition) is 4. The first-order chi connectivity index (χ1) is 8.45. The van der Waals surface area contributed by atoms with Crippen molar-refractivity contribution in [1.29, 1.82) is 0 Å². The summed E-state index contributed by atoms with van der Waals surface area (Å²) in [5.41, 5.74) is 0.289. The second-order valence-corrected chi connectivity index (χ2v) is 4.30. The second-order valence-electron chi connectivity index (χ2n) is 4.30. The molecule has 0 bridgehead atoms. The van der Waals surface area contributed by atoms with E-state index in [0.717, 1.165) is 6.42 Å². The summed E-state index contributed by atoms with van der Waals surface area (Å²) in [6.07, 6.45) is 0.757. The van der Waals surface area contributed by atoms with Gasteiger partial charge in [-0.15, -0.1) is 0 Å². The summed E-state index contributed by atoms with van der Waals surface area (Å²) in [4.78, 5) is 21.7. The molecule has 1 unspecified atom stereocenters. The van der Waals surface area contributed by atoms with Crippen LogP contribution >= 0.6 is 0 Å². The standard InChI is InChI=1S/C13H17NO4/c1-4-9(2)10(3)18-13(15)11-5-7-12(8-6-11)14(16)17/h5-10H,4H2,1-3H3/t9-,10?/m1/s1. The summed E-state index contributed by atoms with van der Waals surface area (Å²) in [5.74, 6) is -0.162. The molecule has 0 aliphatic carbocycles. The number of nitrogens with zero attached hydrogens (tertiary/aromatic N) is 1. The van der Waals surface area contributed by atoms with Gasteiger partial charge < -0.3 is 4.74 Å². The average Bonchev–Trinajstić information content (AvgIpc) is 2.37. The van der Waals surface area contributed by atoms with Crippen molar-refractivity contribution in [3.8, 4) is 0 Å². The molecule has 98 valence electrons. The SMILES string of the molecule is CC[C@@H](C)C(C)OC(=O)c1ccc([N+](=O)[O-])cc1. The molecule has 0 heterocycles. The van der Waals surface area contributed by atoms with Gasteiger partial charge in [0.25, 0.3) is 5.69 Å². The van der Waals surface area contributed by atoms with Crippen LogP contribution in [0.25, 0.3) is 0 Å². The summed E-state index contributed by atoms with van der Waals surface area (Å²) in [6, 6.07) is 5.41. The van der Waals surface area contributed by atoms with Crippen molar-refractivity contribution < 1.29 is 14.5 Å². The Morgan fingerprint density at radius 2 is 1.89 bits per heavy atom. The van der Waals surface area contributed by atoms with Crippen LogP contribution in [0.5, 0.6) is 0 Å². The van der Waals surface area contributed by atoms with E-state index in [0.29, 0.717) is 5.56 Å². The zero-order valence-electron chi connectivity index (χ0n) is 10.8. The van der Waals surface area contributed by atoms with E-state index < -0.39 is 10.9 Å². The lowest BCUT2D eigenvalue weighted by molar-refractivity contribution is -0.384. The summed E-state index contributed by atoms with van der Waals surface area (Å²) >= 11 is 0. The molecule has 5 heteroatoms. The maximum Gasteiger partial charge on any atom is 0.338 e. The maximum atomic E-state index is 11.8. The van der Waals surface area contributed by atoms with Gasteiger partial charge in [-0.2, -0.15) is 0 Å². The van der Waals surface area contributed by atoms with Crippen molar-refractivity contribution in [2.24, 2.45) is 5.92 Å². The molecule has 0 spiro atoms. The van der Waals surface area contributed by atoms with Gasteiger partial charge in [0.2, 0.25) is 0 Å². The number of nitro benzene ring substituents is 1. The molecule has 1 aromatic rings. The summed E-state index contributed by atoms with van der Waals surface area (Å²) < 4.78 is 5.28. The minimum absolute atomic E-state index is 0.0403. The third-order valence-electron chi connectivity index (χ3n) is 3.05. The van der Waals surface area contributed by atoms with Gasteiger partial charge in [-0.1, -0.05) is 20.3 Å². The number of rotatable bonds is 5. The molecule has 5 nitrogen and oxygen atoms in total. The third kappa shape index (κ3) is 3.55. The molecule has 1 aromatic carbocycles. The highest BCUT2D eigenvalue weighted by Crippen LogP contribution is 2.16. The summed E-state index contributed by atoms with van der Waals surface area (Å²) in [5, 5.41) is 10.5. The fourth-order valence-electron chi connectivity index (χ4n) is 1.40. The molecular formula is C13H17NO4. The third-order valence-corrected chi connectivity index (χ3v) is 3.05. The Balaban J connectivity index is 2.70. The van der Waals surface area contributed by atoms with E-state index in [-0.39, 0.29) is 17.7 Å². The zero-order valence-corrected chi connectivity index (χ0v) is 10.8. The van der Waals surface area contributed by atoms with Crippen molar-refractivity contribution >= 4 is 11.7 Å². The van der Waals surface area contributed by atoms with Crippen molar-refractivity contribution in [1.82, 2.24) is 0 Å². The topological polar surface area (TPSA) is 69.4 Å². The van der Waals surface area contributed by atoms with Gasteiger partial charge in [-0.3, -0.25) is 10.1 Å². The van der Waals surface area contributed by atoms with Crippen LogP contribution in [-0.4, -0.2) is 17.0 Å². The zero-order chi connectivity index (χ0) is 13.7. The number of carbonyl (C=O) groups excluding carboxylic acids is 1. The Hall–Kier alpha value is -1.91. The number of carbonyl (C=O) groups is 1. The molecule has 0 radical (unpaired) electrons. The monoisotopic (exact) mass is 251 g/mol. The molecule has 0 amide bonds. The Kier molecular flexibility index (Phi) is 4.83. The molecule has 0 aliphatic rings. The predicted molar refractivity (Wildman–Crippen MR) is 67.4 cm³/mol. The smallest absolute Gasteiger partial charge is 0.338 e. The van der Waals surface area contributed by atoms with Crippen LogP contribution in [0.3, 0.4) is 0 Å². The first kappa shape index (κ1) is 14.2. The normalized spacial score (nSPS) is 13.7. The predicted octanol–water partition coefficient (Wildman–Crippen LogP) is 3.19. The van der Waals surface area contributed by atoms with E-state index in [4.69, 9.17) is 4.74 Å². The van der Waals surface area contributed by atoms with Crippen molar-refractivity contribution in [2.75, 3.05) is 0 Å². The van der Waals surface area contributed by atoms with Crippen molar-refractivity contribution in [2.45, 2.75) is 33.3 Å². The van der Waals surface area contributed by atoms with E-state index in [2.05, 4.69) is 0 Å². The lowest BCUT2D eigenvalue weighted by atomic mass is 10.0. The molecule has 2 atom stereocenters. The molecular weight excluding hydrogens is 234 g/mol. The van der Waals surface area contributed by atoms with Crippen LogP contribution in [0.1, 0.15) is 37.6 Å². The fraction of sp³-hybridized carbons (Fsp3) is 0.462. The molecule has 1 rings (SSSR count). The van der Waals surface area contributed by atoms with Gasteiger partial charge in [0.15, 0.2) is 0 Å². The van der Waals surface area contributed by atoms with Gasteiger partial charge >= 0.3 is 5.97 Å². The molecule has 0 aromatic heterocycles. The van der Waals surface area contributed by atoms with Crippen molar-refractivity contribution in [3.63, 3.8) is 0 Å². The van der Waals surface area contributed by atoms with Crippen LogP contribution in [0.15, 0.2) is 24.3 Å². The van der Waals surface area contributed by atoms with Gasteiger partial charge in [0.1, 0.15) is 6.10 Å². The van der Waals surface area contributed by atoms with E-state index in [1.807, 2.05) is 20.8 Å². The van der Waals surface area contributed by atoms with Crippen molar-refractivity contribution in [3.05, 3.63) is 39.9 Å². The average molecular weight is 251 g/mol. The number of esters is 1. The Morgan fingerprint density at radius 3 is 2.33 bits per heavy atom. The number of benzene rings is 1. The van der Waals surface area contributed by atoms with Crippen LogP contribution in [0.4, 0.5) is 5.69 Å². The van der Waals surface area contributed by atoms with Gasteiger partial charge in [-0.25, -0.2) is 4.79 Å². The first-order valence-electron chi connectivity index (χ1n) is 5.91. The summed E-state index contributed by atoms with van der Waals surface area (Å²) in [7, 11) is 0. The molecule has 18 heavy (non-hydrogen) atoms. The number of ether oxygens (including phenoxy) is 1. The summed E-state index contributed by atoms with van der Waals surface area (Å²) in [6.45, 7) is 5.88. The van der Waals surface area contributed by atoms with Gasteiger partial charge in [0.05, 0.1) is 10.5 Å². The molecule has 0 fully saturated rings. The minimum atomic E-state index is -0.503. The quantitative estimate of drug-likeness (QED) is 0.458. The number of hydrogen-bond donors (Lipinski definition) is 0. The van der Waals surface area contributed by atoms with E-state index >= 15 is 0 Å². The van der Waals surface area contributed by atoms with Crippen LogP contribution in [0.2, 0.25) is 0 Å². The highest BCUT2D eigenvalue weighted by atomic mass is 16.6. The molecule has 0 saturated heterocycles. The minimum Gasteiger partial charge on any atom is -0.459 e. The largest absolute Gasteiger partial charge is 0.459 e. The number of nitro groups is 1. The van der Waals surface area contributed by atoms with Gasteiger partial charge in [0, 0.05) is 12.1 Å². The second kappa shape index (κ2) is 6.14. The Bertz CT molecular complexity index is 427. The van der Waals surface area contributed by atoms with E-state index in [9.17, 15) is 14.9 Å². The van der Waals surface area contributed by atoms with Crippen LogP contribution in [-0.2, 0) is 4.74 Å². The van der Waals surface area contributed by atoms with Gasteiger partial charge in [-0.05, 0) is 25.0 Å². The lowest BCUT2D eigenvalue weighted by Crippen LogP contribution is -2.21. The molecule has 0 saturated carbocycles. The number of non-ortho nitro benzene ring substituents is 1. The maximum absolute atomic E-state index is 11.8. The van der Waals surface area contributed by atoms with Crippen LogP contribution in [0, 0.1) is 16.0 Å². The van der Waals surface area contributed by atoms with E-state index in [1.165, 1.54) is 24.3 Å². The highest BCUT2D eigenvalue weighted by molar-refractivity contribution is 5.89. The molecule has 0 aliphatic heterocycles. The Labute approximate surface area is 106 Å².